The van der Waals surface area contributed by atoms with Gasteiger partial charge in [0.05, 0.1) is 4.47 Å². The molecule has 0 spiro atoms. The molecule has 1 nitrogen and oxygen atoms in total. The van der Waals surface area contributed by atoms with E-state index in [0.29, 0.717) is 27.2 Å². The van der Waals surface area contributed by atoms with Crippen molar-refractivity contribution in [3.05, 3.63) is 45.1 Å². The van der Waals surface area contributed by atoms with Crippen LogP contribution in [0.2, 0.25) is 0 Å². The number of hydrogen-bond donors (Lipinski definition) is 1. The van der Waals surface area contributed by atoms with E-state index in [2.05, 4.69) is 151 Å². The van der Waals surface area contributed by atoms with Crippen molar-refractivity contribution >= 4 is 116 Å². The quantitative estimate of drug-likeness (QED) is 0.230. The molecule has 0 unspecified atom stereocenters. The lowest BCUT2D eigenvalue weighted by Crippen LogP contribution is -2.44. The molecule has 2 saturated carbocycles. The maximum atomic E-state index is 10.8. The highest BCUT2D eigenvalue weighted by Gasteiger charge is 2.47. The first kappa shape index (κ1) is 29.7. The maximum Gasteiger partial charge on any atom is 0.133 e. The molecule has 0 aromatic heterocycles. The lowest BCUT2D eigenvalue weighted by atomic mass is 9.58. The number of phenols is 1. The summed E-state index contributed by atoms with van der Waals surface area (Å²) >= 11 is 18.9. The van der Waals surface area contributed by atoms with Gasteiger partial charge in [-0.25, -0.2) is 0 Å². The molecule has 0 amide bonds. The van der Waals surface area contributed by atoms with E-state index in [1.165, 1.54) is 37.7 Å². The SMILES string of the molecule is CC1(C)[C@H](Br)CC/C(=C/I)[C@@H]1CC[C@@]1(C)[C@H](Cc2cc(I)cc(Br)c2O)/C(=C\I)CC[C@@H]1Br. The third-order valence-corrected chi connectivity index (χ3v) is 14.2. The molecule has 2 fully saturated rings. The molecule has 0 bridgehead atoms. The molecule has 5 atom stereocenters. The molecule has 1 N–H and O–H groups in total. The largest absolute Gasteiger partial charge is 0.506 e. The first-order valence-electron chi connectivity index (χ1n) is 11.5. The second-order valence-corrected chi connectivity index (χ2v) is 16.0. The first-order chi connectivity index (χ1) is 15.4. The predicted molar refractivity (Wildman–Crippen MR) is 178 cm³/mol. The third-order valence-electron chi connectivity index (χ3n) is 8.27. The van der Waals surface area contributed by atoms with E-state index in [1.54, 1.807) is 5.57 Å². The molecular weight excluding hydrogens is 949 g/mol. The van der Waals surface area contributed by atoms with Gasteiger partial charge in [0.15, 0.2) is 0 Å². The Balaban J connectivity index is 1.94. The van der Waals surface area contributed by atoms with E-state index < -0.39 is 0 Å². The van der Waals surface area contributed by atoms with E-state index in [1.807, 2.05) is 6.07 Å². The van der Waals surface area contributed by atoms with Gasteiger partial charge in [-0.15, -0.1) is 0 Å². The van der Waals surface area contributed by atoms with Crippen LogP contribution in [0.1, 0.15) is 64.9 Å². The molecule has 7 heteroatoms. The van der Waals surface area contributed by atoms with E-state index in [-0.39, 0.29) is 10.8 Å². The van der Waals surface area contributed by atoms with Gasteiger partial charge in [-0.2, -0.15) is 0 Å². The smallest absolute Gasteiger partial charge is 0.133 e. The van der Waals surface area contributed by atoms with Crippen molar-refractivity contribution in [2.75, 3.05) is 0 Å². The minimum Gasteiger partial charge on any atom is -0.506 e. The minimum absolute atomic E-state index is 0.126. The predicted octanol–water partition coefficient (Wildman–Crippen LogP) is 11.1. The average molecular weight is 981 g/mol. The van der Waals surface area contributed by atoms with Gasteiger partial charge >= 0.3 is 0 Å². The highest BCUT2D eigenvalue weighted by molar-refractivity contribution is 14.1. The van der Waals surface area contributed by atoms with Crippen molar-refractivity contribution in [3.63, 3.8) is 0 Å². The minimum atomic E-state index is 0.126. The lowest BCUT2D eigenvalue weighted by Gasteiger charge is -2.50. The van der Waals surface area contributed by atoms with Gasteiger partial charge in [-0.1, -0.05) is 109 Å². The summed E-state index contributed by atoms with van der Waals surface area (Å²) in [6, 6.07) is 4.14. The van der Waals surface area contributed by atoms with Crippen LogP contribution < -0.4 is 0 Å². The number of rotatable bonds is 5. The molecule has 2 aliphatic carbocycles. The molecular formula is C26H32Br3I3O. The molecule has 184 valence electrons. The summed E-state index contributed by atoms with van der Waals surface area (Å²) in [7, 11) is 0. The summed E-state index contributed by atoms with van der Waals surface area (Å²) in [6.07, 6.45) is 7.98. The Morgan fingerprint density at radius 2 is 1.58 bits per heavy atom. The Kier molecular flexibility index (Phi) is 11.1. The number of aromatic hydroxyl groups is 1. The van der Waals surface area contributed by atoms with Gasteiger partial charge in [0.1, 0.15) is 5.75 Å². The van der Waals surface area contributed by atoms with Crippen LogP contribution in [0.15, 0.2) is 35.9 Å². The fourth-order valence-electron chi connectivity index (χ4n) is 5.94. The molecule has 3 rings (SSSR count). The number of alkyl halides is 2. The zero-order valence-electron chi connectivity index (χ0n) is 19.3. The van der Waals surface area contributed by atoms with Crippen molar-refractivity contribution in [1.82, 2.24) is 0 Å². The van der Waals surface area contributed by atoms with Gasteiger partial charge in [0, 0.05) is 13.2 Å². The molecule has 0 radical (unpaired) electrons. The fourth-order valence-corrected chi connectivity index (χ4v) is 10.4. The van der Waals surface area contributed by atoms with Crippen molar-refractivity contribution in [2.45, 2.75) is 75.4 Å². The van der Waals surface area contributed by atoms with Gasteiger partial charge < -0.3 is 5.11 Å². The van der Waals surface area contributed by atoms with Gasteiger partial charge in [0.2, 0.25) is 0 Å². The number of benzene rings is 1. The van der Waals surface area contributed by atoms with Crippen LogP contribution in [0, 0.1) is 26.2 Å². The monoisotopic (exact) mass is 978 g/mol. The Morgan fingerprint density at radius 3 is 2.18 bits per heavy atom. The Bertz CT molecular complexity index is 930. The van der Waals surface area contributed by atoms with Gasteiger partial charge in [-0.05, 0) is 132 Å². The van der Waals surface area contributed by atoms with Crippen LogP contribution in [0.25, 0.3) is 0 Å². The van der Waals surface area contributed by atoms with E-state index >= 15 is 0 Å². The van der Waals surface area contributed by atoms with Crippen LogP contribution in [0.4, 0.5) is 0 Å². The zero-order valence-corrected chi connectivity index (χ0v) is 30.5. The normalized spacial score (nSPS) is 34.7. The van der Waals surface area contributed by atoms with Crippen molar-refractivity contribution in [1.29, 1.82) is 0 Å². The summed E-state index contributed by atoms with van der Waals surface area (Å²) < 4.78 is 6.62. The highest BCUT2D eigenvalue weighted by atomic mass is 127. The zero-order chi connectivity index (χ0) is 24.6. The summed E-state index contributed by atoms with van der Waals surface area (Å²) in [5.74, 6) is 1.40. The van der Waals surface area contributed by atoms with Gasteiger partial charge in [-0.3, -0.25) is 0 Å². The molecule has 33 heavy (non-hydrogen) atoms. The second kappa shape index (κ2) is 12.3. The van der Waals surface area contributed by atoms with Crippen LogP contribution in [-0.4, -0.2) is 14.8 Å². The number of allylic oxidation sites excluding steroid dienone is 2. The maximum absolute atomic E-state index is 10.8. The topological polar surface area (TPSA) is 20.2 Å². The molecule has 1 aromatic carbocycles. The highest BCUT2D eigenvalue weighted by Crippen LogP contribution is 2.56. The number of phenolic OH excluding ortho intramolecular Hbond substituents is 1. The first-order valence-corrected chi connectivity index (χ1v) is 17.7. The average Bonchev–Trinajstić information content (AvgIpc) is 2.76. The van der Waals surface area contributed by atoms with Crippen LogP contribution >= 0.6 is 116 Å². The van der Waals surface area contributed by atoms with E-state index in [9.17, 15) is 5.11 Å². The molecule has 0 saturated heterocycles. The molecule has 0 aliphatic heterocycles. The fraction of sp³-hybridized carbons (Fsp3) is 0.615. The Labute approximate surface area is 266 Å². The lowest BCUT2D eigenvalue weighted by molar-refractivity contribution is 0.118. The number of halogens is 6. The van der Waals surface area contributed by atoms with Crippen LogP contribution in [0.5, 0.6) is 5.75 Å². The van der Waals surface area contributed by atoms with E-state index in [4.69, 9.17) is 0 Å². The van der Waals surface area contributed by atoms with Crippen LogP contribution in [0.3, 0.4) is 0 Å². The number of hydrogen-bond acceptors (Lipinski definition) is 1. The molecule has 0 heterocycles. The standard InChI is InChI=1S/C26H32Br3I3O/c1-25(2)19(15(13-30)4-6-22(25)28)8-9-26(3)20(16(14-31)5-7-23(26)29)11-17-10-18(32)12-21(27)24(17)33/h10,12-14,19-20,22-23,33H,4-9,11H2,1-3H3/b15-13-,16-14-/t19-,20+,22+,23-,26-/m0/s1. The summed E-state index contributed by atoms with van der Waals surface area (Å²) in [5, 5.41) is 10.8. The summed E-state index contributed by atoms with van der Waals surface area (Å²) in [6.45, 7) is 7.38. The van der Waals surface area contributed by atoms with Gasteiger partial charge in [0.25, 0.3) is 0 Å². The second-order valence-electron chi connectivity index (χ2n) is 10.5. The summed E-state index contributed by atoms with van der Waals surface area (Å²) in [4.78, 5) is 1.04. The van der Waals surface area contributed by atoms with Crippen LogP contribution in [-0.2, 0) is 6.42 Å². The Morgan fingerprint density at radius 1 is 1.00 bits per heavy atom. The van der Waals surface area contributed by atoms with Crippen molar-refractivity contribution in [3.8, 4) is 5.75 Å². The summed E-state index contributed by atoms with van der Waals surface area (Å²) in [5.41, 5.74) is 4.59. The molecule has 2 aliphatic rings. The van der Waals surface area contributed by atoms with Crippen molar-refractivity contribution < 1.29 is 5.11 Å². The molecule has 1 aromatic rings. The third kappa shape index (κ3) is 6.41. The van der Waals surface area contributed by atoms with E-state index in [0.717, 1.165) is 26.4 Å². The Hall–Kier alpha value is 2.13. The van der Waals surface area contributed by atoms with Crippen molar-refractivity contribution in [2.24, 2.45) is 22.7 Å².